The zero-order valence-corrected chi connectivity index (χ0v) is 29.4. The van der Waals surface area contributed by atoms with E-state index in [0.717, 1.165) is 0 Å². The molecule has 2 aliphatic rings. The minimum atomic E-state index is -1.82. The molecule has 19 heteroatoms. The van der Waals surface area contributed by atoms with Crippen molar-refractivity contribution < 1.29 is 93.7 Å². The Kier molecular flexibility index (Phi) is 15.3. The first kappa shape index (κ1) is 42.2. The van der Waals surface area contributed by atoms with Crippen LogP contribution in [0.25, 0.3) is 6.08 Å². The Balaban J connectivity index is 1.64. The van der Waals surface area contributed by atoms with Crippen LogP contribution in [-0.2, 0) is 18.9 Å². The molecule has 10 N–H and O–H groups in total. The van der Waals surface area contributed by atoms with E-state index in [0.29, 0.717) is 5.56 Å². The first-order valence-electron chi connectivity index (χ1n) is 16.4. The topological polar surface area (TPSA) is 285 Å². The van der Waals surface area contributed by atoms with Gasteiger partial charge < -0.3 is 93.7 Å². The lowest BCUT2D eigenvalue weighted by Crippen LogP contribution is -2.59. The van der Waals surface area contributed by atoms with Gasteiger partial charge in [-0.15, -0.1) is 0 Å². The fourth-order valence-electron chi connectivity index (χ4n) is 5.78. The van der Waals surface area contributed by atoms with Gasteiger partial charge in [0.1, 0.15) is 54.9 Å². The van der Waals surface area contributed by atoms with Crippen LogP contribution in [0.15, 0.2) is 30.3 Å². The van der Waals surface area contributed by atoms with E-state index in [9.17, 15) is 51.1 Å². The molecule has 19 nitrogen and oxygen atoms in total. The Labute approximate surface area is 304 Å². The fraction of sp³-hybridized carbons (Fsp3) is 0.588. The first-order chi connectivity index (χ1) is 25.4. The van der Waals surface area contributed by atoms with E-state index in [4.69, 9.17) is 42.6 Å². The number of phenolic OH excluding ortho intramolecular Hbond substituents is 1. The molecule has 53 heavy (non-hydrogen) atoms. The van der Waals surface area contributed by atoms with E-state index < -0.39 is 93.4 Å². The van der Waals surface area contributed by atoms with Crippen molar-refractivity contribution in [1.29, 1.82) is 0 Å². The molecule has 0 unspecified atom stereocenters. The Morgan fingerprint density at radius 3 is 1.62 bits per heavy atom. The van der Waals surface area contributed by atoms with Gasteiger partial charge in [-0.25, -0.2) is 0 Å². The summed E-state index contributed by atoms with van der Waals surface area (Å²) in [5.74, 6) is -0.240. The summed E-state index contributed by atoms with van der Waals surface area (Å²) in [6.07, 6.45) is -15.1. The van der Waals surface area contributed by atoms with E-state index in [1.807, 2.05) is 0 Å². The van der Waals surface area contributed by atoms with Crippen molar-refractivity contribution in [2.24, 2.45) is 0 Å². The highest BCUT2D eigenvalue weighted by Crippen LogP contribution is 2.44. The van der Waals surface area contributed by atoms with Gasteiger partial charge >= 0.3 is 0 Å². The van der Waals surface area contributed by atoms with Gasteiger partial charge in [0.25, 0.3) is 0 Å². The van der Waals surface area contributed by atoms with Crippen LogP contribution < -0.4 is 23.7 Å². The molecule has 2 heterocycles. The number of aromatic hydroxyl groups is 1. The summed E-state index contributed by atoms with van der Waals surface area (Å²) in [5, 5.41) is 102. The SMILES string of the molecule is COc1cc([C@H](O[C@@H]2O[C@H](CO)[C@@H](O)[C@H](O)[C@H]2O)[C@H](CO)Oc2c(OC)cc(/C=C/CO[C@@H]3O[C@H](CO)[C@@H](O)[C@H](O)[C@H]3O)cc2OC)cc(OC)c1O. The summed E-state index contributed by atoms with van der Waals surface area (Å²) in [5.41, 5.74) is 0.676. The summed E-state index contributed by atoms with van der Waals surface area (Å²) in [6.45, 7) is -2.22. The molecular formula is C34H48O19. The Morgan fingerprint density at radius 2 is 1.15 bits per heavy atom. The first-order valence-corrected chi connectivity index (χ1v) is 16.4. The van der Waals surface area contributed by atoms with Crippen molar-refractivity contribution in [2.45, 2.75) is 73.6 Å². The van der Waals surface area contributed by atoms with Crippen molar-refractivity contribution in [3.63, 3.8) is 0 Å². The molecule has 2 aromatic carbocycles. The van der Waals surface area contributed by atoms with Gasteiger partial charge in [0.15, 0.2) is 41.7 Å². The molecule has 0 spiro atoms. The predicted octanol–water partition coefficient (Wildman–Crippen LogP) is -2.45. The average molecular weight is 761 g/mol. The second-order valence-electron chi connectivity index (χ2n) is 12.1. The summed E-state index contributed by atoms with van der Waals surface area (Å²) in [4.78, 5) is 0. The third-order valence-corrected chi connectivity index (χ3v) is 8.75. The van der Waals surface area contributed by atoms with E-state index >= 15 is 0 Å². The molecule has 2 saturated heterocycles. The molecular weight excluding hydrogens is 712 g/mol. The third kappa shape index (κ3) is 9.41. The molecule has 0 saturated carbocycles. The Hall–Kier alpha value is -3.54. The molecule has 0 aliphatic carbocycles. The van der Waals surface area contributed by atoms with Crippen molar-refractivity contribution >= 4 is 6.08 Å². The number of aliphatic hydroxyl groups is 9. The third-order valence-electron chi connectivity index (χ3n) is 8.75. The summed E-state index contributed by atoms with van der Waals surface area (Å²) >= 11 is 0. The van der Waals surface area contributed by atoms with Crippen LogP contribution in [0, 0.1) is 0 Å². The number of benzene rings is 2. The number of hydrogen-bond donors (Lipinski definition) is 10. The molecule has 2 fully saturated rings. The van der Waals surface area contributed by atoms with Crippen LogP contribution >= 0.6 is 0 Å². The van der Waals surface area contributed by atoms with Crippen LogP contribution in [-0.4, -0.2) is 173 Å². The maximum atomic E-state index is 10.8. The van der Waals surface area contributed by atoms with Gasteiger partial charge in [0, 0.05) is 0 Å². The molecule has 2 aromatic rings. The van der Waals surface area contributed by atoms with Crippen molar-refractivity contribution in [3.8, 4) is 34.5 Å². The lowest BCUT2D eigenvalue weighted by Gasteiger charge is -2.41. The zero-order valence-electron chi connectivity index (χ0n) is 29.4. The maximum absolute atomic E-state index is 10.8. The molecule has 0 bridgehead atoms. The standard InChI is InChI=1S/C34H48O19/c1-45-17-10-16(11-18(46-2)24(17)38)31(53-34-30(44)28(42)26(40)22(13-36)52-34)23(14-37)50-32-19(47-3)8-15(9-20(32)48-4)6-5-7-49-33-29(43)27(41)25(39)21(12-35)51-33/h5-6,8-11,21-23,25-31,33-44H,7,12-14H2,1-4H3/b6-5+/t21-,22-,23+,25-,26-,27+,28+,29-,30-,31+,33-,34+/m1/s1. The maximum Gasteiger partial charge on any atom is 0.204 e. The number of methoxy groups -OCH3 is 4. The van der Waals surface area contributed by atoms with Crippen LogP contribution in [0.5, 0.6) is 34.5 Å². The Morgan fingerprint density at radius 1 is 0.660 bits per heavy atom. The molecule has 0 amide bonds. The lowest BCUT2D eigenvalue weighted by molar-refractivity contribution is -0.318. The average Bonchev–Trinajstić information content (AvgIpc) is 3.17. The van der Waals surface area contributed by atoms with Crippen LogP contribution in [0.3, 0.4) is 0 Å². The molecule has 2 aliphatic heterocycles. The molecule has 0 radical (unpaired) electrons. The van der Waals surface area contributed by atoms with E-state index in [1.54, 1.807) is 24.3 Å². The molecule has 298 valence electrons. The number of hydrogen-bond acceptors (Lipinski definition) is 19. The lowest BCUT2D eigenvalue weighted by atomic mass is 9.98. The number of ether oxygens (including phenoxy) is 9. The van der Waals surface area contributed by atoms with E-state index in [1.165, 1.54) is 40.6 Å². The quantitative estimate of drug-likeness (QED) is 0.0801. The number of rotatable bonds is 17. The monoisotopic (exact) mass is 760 g/mol. The highest BCUT2D eigenvalue weighted by atomic mass is 16.7. The van der Waals surface area contributed by atoms with Gasteiger partial charge in [-0.2, -0.15) is 0 Å². The minimum Gasteiger partial charge on any atom is -0.502 e. The van der Waals surface area contributed by atoms with Gasteiger partial charge in [-0.3, -0.25) is 0 Å². The summed E-state index contributed by atoms with van der Waals surface area (Å²) in [7, 11) is 5.28. The van der Waals surface area contributed by atoms with Crippen molar-refractivity contribution in [1.82, 2.24) is 0 Å². The van der Waals surface area contributed by atoms with Crippen molar-refractivity contribution in [3.05, 3.63) is 41.5 Å². The largest absolute Gasteiger partial charge is 0.502 e. The van der Waals surface area contributed by atoms with Crippen molar-refractivity contribution in [2.75, 3.05) is 54.9 Å². The Bertz CT molecular complexity index is 1440. The summed E-state index contributed by atoms with van der Waals surface area (Å²) in [6, 6.07) is 5.81. The van der Waals surface area contributed by atoms with Gasteiger partial charge in [-0.1, -0.05) is 12.2 Å². The van der Waals surface area contributed by atoms with Crippen LogP contribution in [0.1, 0.15) is 17.2 Å². The summed E-state index contributed by atoms with van der Waals surface area (Å²) < 4.78 is 50.5. The van der Waals surface area contributed by atoms with Gasteiger partial charge in [-0.05, 0) is 35.4 Å². The predicted molar refractivity (Wildman–Crippen MR) is 179 cm³/mol. The number of aliphatic hydroxyl groups excluding tert-OH is 9. The second kappa shape index (κ2) is 19.2. The zero-order chi connectivity index (χ0) is 39.0. The second-order valence-corrected chi connectivity index (χ2v) is 12.1. The normalized spacial score (nSPS) is 30.1. The molecule has 12 atom stereocenters. The fourth-order valence-corrected chi connectivity index (χ4v) is 5.78. The van der Waals surface area contributed by atoms with E-state index in [2.05, 4.69) is 0 Å². The minimum absolute atomic E-state index is 0.0103. The molecule has 0 aromatic heterocycles. The van der Waals surface area contributed by atoms with Gasteiger partial charge in [0.2, 0.25) is 11.5 Å². The highest BCUT2D eigenvalue weighted by molar-refractivity contribution is 5.62. The van der Waals surface area contributed by atoms with E-state index in [-0.39, 0.29) is 46.7 Å². The van der Waals surface area contributed by atoms with Crippen LogP contribution in [0.4, 0.5) is 0 Å². The molecule has 4 rings (SSSR count). The smallest absolute Gasteiger partial charge is 0.204 e. The van der Waals surface area contributed by atoms with Crippen LogP contribution in [0.2, 0.25) is 0 Å². The number of phenols is 1. The highest BCUT2D eigenvalue weighted by Gasteiger charge is 2.47. The van der Waals surface area contributed by atoms with Gasteiger partial charge in [0.05, 0.1) is 54.9 Å².